The summed E-state index contributed by atoms with van der Waals surface area (Å²) in [6.07, 6.45) is 0. The second-order valence-electron chi connectivity index (χ2n) is 4.89. The van der Waals surface area contributed by atoms with Crippen LogP contribution in [0.4, 0.5) is 8.78 Å². The van der Waals surface area contributed by atoms with Crippen LogP contribution in [0, 0.1) is 0 Å². The fourth-order valence-corrected chi connectivity index (χ4v) is 3.50. The van der Waals surface area contributed by atoms with Crippen molar-refractivity contribution in [3.8, 4) is 0 Å². The lowest BCUT2D eigenvalue weighted by atomic mass is 10.3. The van der Waals surface area contributed by atoms with Crippen LogP contribution >= 0.6 is 45.5 Å². The van der Waals surface area contributed by atoms with Gasteiger partial charge in [0.25, 0.3) is 5.56 Å². The summed E-state index contributed by atoms with van der Waals surface area (Å²) in [6.45, 7) is 1.32. The number of carbonyl (C=O) groups is 1. The van der Waals surface area contributed by atoms with Gasteiger partial charge in [0.05, 0.1) is 12.2 Å². The van der Waals surface area contributed by atoms with Gasteiger partial charge in [0, 0.05) is 47.0 Å². The van der Waals surface area contributed by atoms with E-state index >= 15 is 0 Å². The molecule has 0 aliphatic rings. The van der Waals surface area contributed by atoms with E-state index in [0.29, 0.717) is 10.7 Å². The van der Waals surface area contributed by atoms with Gasteiger partial charge in [-0.15, -0.1) is 11.3 Å². The van der Waals surface area contributed by atoms with Crippen LogP contribution in [0.1, 0.15) is 28.8 Å². The monoisotopic (exact) mass is 484 g/mol. The summed E-state index contributed by atoms with van der Waals surface area (Å²) in [7, 11) is 0. The maximum Gasteiger partial charge on any atom is 0.339 e. The number of rotatable bonds is 4. The lowest BCUT2D eigenvalue weighted by Crippen LogP contribution is -2.19. The number of Topliss-reactive ketones (excluding diaryl/α,β-unsaturated/α-hetero) is 1. The van der Waals surface area contributed by atoms with Gasteiger partial charge in [-0.3, -0.25) is 9.59 Å². The van der Waals surface area contributed by atoms with E-state index in [4.69, 9.17) is 11.6 Å². The van der Waals surface area contributed by atoms with Crippen LogP contribution in [0.15, 0.2) is 22.3 Å². The summed E-state index contributed by atoms with van der Waals surface area (Å²) in [5.41, 5.74) is -0.335. The third-order valence-electron chi connectivity index (χ3n) is 3.15. The number of thiazole rings is 1. The molecule has 0 radical (unpaired) electrons. The molecule has 0 atom stereocenters. The van der Waals surface area contributed by atoms with Crippen molar-refractivity contribution in [1.29, 1.82) is 0 Å². The van der Waals surface area contributed by atoms with E-state index < -0.39 is 15.2 Å². The first-order valence-electron chi connectivity index (χ1n) is 6.48. The van der Waals surface area contributed by atoms with Gasteiger partial charge in [0.15, 0.2) is 10.7 Å². The Labute approximate surface area is 156 Å². The first-order valence-corrected chi connectivity index (χ1v) is 8.82. The first kappa shape index (κ1) is 17.4. The van der Waals surface area contributed by atoms with E-state index in [-0.39, 0.29) is 23.2 Å². The molecule has 3 heterocycles. The Bertz CT molecular complexity index is 1010. The van der Waals surface area contributed by atoms with Gasteiger partial charge in [-0.05, 0) is 0 Å². The van der Waals surface area contributed by atoms with Crippen molar-refractivity contribution in [2.75, 3.05) is 0 Å². The number of hydrogen-bond donors (Lipinski definition) is 0. The average Bonchev–Trinajstić information content (AvgIpc) is 3.03. The molecule has 0 bridgehead atoms. The number of carbonyl (C=O) groups excluding carboxylic acids is 1. The molecule has 0 saturated carbocycles. The number of ketones is 1. The van der Waals surface area contributed by atoms with Crippen LogP contribution in [0.3, 0.4) is 0 Å². The van der Waals surface area contributed by atoms with Gasteiger partial charge in [-0.1, -0.05) is 11.6 Å². The van der Waals surface area contributed by atoms with Gasteiger partial charge >= 0.3 is 3.93 Å². The third-order valence-corrected chi connectivity index (χ3v) is 4.83. The van der Waals surface area contributed by atoms with Crippen molar-refractivity contribution in [2.45, 2.75) is 17.4 Å². The molecule has 0 saturated heterocycles. The normalized spacial score (nSPS) is 12.0. The number of fused-ring (bicyclic) bond motifs is 1. The molecule has 126 valence electrons. The fourth-order valence-electron chi connectivity index (χ4n) is 2.09. The molecule has 0 N–H and O–H groups in total. The molecule has 0 aliphatic heterocycles. The molecular formula is C13H8ClF2IN4O2S. The van der Waals surface area contributed by atoms with Crippen molar-refractivity contribution < 1.29 is 13.6 Å². The minimum atomic E-state index is -3.15. The van der Waals surface area contributed by atoms with E-state index in [1.54, 1.807) is 5.38 Å². The first-order chi connectivity index (χ1) is 11.2. The smallest absolute Gasteiger partial charge is 0.293 e. The number of halogens is 4. The zero-order chi connectivity index (χ0) is 17.6. The van der Waals surface area contributed by atoms with Crippen molar-refractivity contribution >= 4 is 56.3 Å². The van der Waals surface area contributed by atoms with Crippen LogP contribution in [-0.2, 0) is 10.5 Å². The van der Waals surface area contributed by atoms with Gasteiger partial charge in [0.1, 0.15) is 16.5 Å². The van der Waals surface area contributed by atoms with Crippen molar-refractivity contribution in [3.63, 3.8) is 0 Å². The van der Waals surface area contributed by atoms with Gasteiger partial charge in [-0.2, -0.15) is 13.9 Å². The number of nitrogens with zero attached hydrogens (tertiary/aromatic N) is 4. The largest absolute Gasteiger partial charge is 0.339 e. The molecule has 0 unspecified atom stereocenters. The van der Waals surface area contributed by atoms with Crippen molar-refractivity contribution in [3.05, 3.63) is 50.1 Å². The third kappa shape index (κ3) is 3.22. The lowest BCUT2D eigenvalue weighted by Gasteiger charge is -2.05. The van der Waals surface area contributed by atoms with Crippen LogP contribution in [0.2, 0.25) is 5.15 Å². The predicted octanol–water partition coefficient (Wildman–Crippen LogP) is 3.34. The maximum atomic E-state index is 13.3. The number of hydrogen-bond acceptors (Lipinski definition) is 5. The SMILES string of the molecule is CC(=O)c1csc2nc(Cn3nc(C(F)(F)I)cc3Cl)cc(=O)n12. The minimum absolute atomic E-state index is 0.0129. The Hall–Kier alpha value is -1.40. The van der Waals surface area contributed by atoms with E-state index in [9.17, 15) is 18.4 Å². The zero-order valence-corrected chi connectivity index (χ0v) is 15.7. The quantitative estimate of drug-likeness (QED) is 0.324. The number of alkyl halides is 3. The van der Waals surface area contributed by atoms with Gasteiger partial charge in [0.2, 0.25) is 0 Å². The molecular weight excluding hydrogens is 477 g/mol. The minimum Gasteiger partial charge on any atom is -0.293 e. The fraction of sp³-hybridized carbons (Fsp3) is 0.231. The van der Waals surface area contributed by atoms with Crippen LogP contribution < -0.4 is 5.56 Å². The summed E-state index contributed by atoms with van der Waals surface area (Å²) >= 11 is 8.02. The molecule has 11 heteroatoms. The second kappa shape index (κ2) is 6.15. The second-order valence-corrected chi connectivity index (χ2v) is 7.47. The molecule has 6 nitrogen and oxygen atoms in total. The molecule has 0 spiro atoms. The zero-order valence-electron chi connectivity index (χ0n) is 12.0. The summed E-state index contributed by atoms with van der Waals surface area (Å²) in [5, 5.41) is 5.31. The molecule has 0 amide bonds. The Kier molecular flexibility index (Phi) is 4.47. The Balaban J connectivity index is 2.01. The molecule has 3 rings (SSSR count). The highest BCUT2D eigenvalue weighted by Crippen LogP contribution is 2.35. The maximum absolute atomic E-state index is 13.3. The molecule has 0 aromatic carbocycles. The summed E-state index contributed by atoms with van der Waals surface area (Å²) in [5.74, 6) is -0.248. The van der Waals surface area contributed by atoms with E-state index in [0.717, 1.165) is 44.7 Å². The van der Waals surface area contributed by atoms with E-state index in [1.807, 2.05) is 0 Å². The highest BCUT2D eigenvalue weighted by Gasteiger charge is 2.31. The van der Waals surface area contributed by atoms with Gasteiger partial charge in [-0.25, -0.2) is 14.1 Å². The van der Waals surface area contributed by atoms with Crippen LogP contribution in [-0.4, -0.2) is 24.9 Å². The summed E-state index contributed by atoms with van der Waals surface area (Å²) < 4.78 is 25.8. The summed E-state index contributed by atoms with van der Waals surface area (Å²) in [4.78, 5) is 28.3. The molecule has 0 aliphatic carbocycles. The predicted molar refractivity (Wildman–Crippen MR) is 93.6 cm³/mol. The van der Waals surface area contributed by atoms with E-state index in [2.05, 4.69) is 10.1 Å². The standard InChI is InChI=1S/C13H8ClF2IN4O2S/c1-6(22)8-5-24-12-18-7(2-11(23)21(8)12)4-20-10(14)3-9(19-20)13(15,16)17/h2-3,5H,4H2,1H3. The molecule has 3 aromatic rings. The Morgan fingerprint density at radius 1 is 1.46 bits per heavy atom. The van der Waals surface area contributed by atoms with Crippen molar-refractivity contribution in [1.82, 2.24) is 19.2 Å². The molecule has 3 aromatic heterocycles. The molecule has 24 heavy (non-hydrogen) atoms. The van der Waals surface area contributed by atoms with Gasteiger partial charge < -0.3 is 0 Å². The topological polar surface area (TPSA) is 69.3 Å². The number of aromatic nitrogens is 4. The Morgan fingerprint density at radius 2 is 2.17 bits per heavy atom. The highest BCUT2D eigenvalue weighted by molar-refractivity contribution is 14.1. The Morgan fingerprint density at radius 3 is 2.75 bits per heavy atom. The lowest BCUT2D eigenvalue weighted by molar-refractivity contribution is 0.101. The highest BCUT2D eigenvalue weighted by atomic mass is 127. The van der Waals surface area contributed by atoms with Crippen LogP contribution in [0.5, 0.6) is 0 Å². The van der Waals surface area contributed by atoms with Crippen molar-refractivity contribution in [2.24, 2.45) is 0 Å². The average molecular weight is 485 g/mol. The molecule has 0 fully saturated rings. The summed E-state index contributed by atoms with van der Waals surface area (Å²) in [6, 6.07) is 2.30. The van der Waals surface area contributed by atoms with E-state index in [1.165, 1.54) is 17.4 Å². The van der Waals surface area contributed by atoms with Crippen LogP contribution in [0.25, 0.3) is 4.96 Å².